The molecule has 4 rings (SSSR count). The van der Waals surface area contributed by atoms with Crippen molar-refractivity contribution in [3.63, 3.8) is 0 Å². The highest BCUT2D eigenvalue weighted by Crippen LogP contribution is 2.25. The van der Waals surface area contributed by atoms with E-state index in [1.807, 2.05) is 0 Å². The van der Waals surface area contributed by atoms with E-state index in [4.69, 9.17) is 4.99 Å². The zero-order valence-corrected chi connectivity index (χ0v) is 21.8. The minimum Gasteiger partial charge on any atom is -0.372 e. The highest BCUT2D eigenvalue weighted by atomic mass is 127. The van der Waals surface area contributed by atoms with Crippen LogP contribution in [0.25, 0.3) is 0 Å². The number of rotatable bonds is 7. The molecule has 2 N–H and O–H groups in total. The molecular formula is C26H38IN5. The summed E-state index contributed by atoms with van der Waals surface area (Å²) >= 11 is 0. The zero-order chi connectivity index (χ0) is 21.5. The number of aliphatic imine (C=N–C) groups is 1. The van der Waals surface area contributed by atoms with E-state index < -0.39 is 0 Å². The first-order chi connectivity index (χ1) is 15.2. The van der Waals surface area contributed by atoms with E-state index in [0.717, 1.165) is 32.1 Å². The summed E-state index contributed by atoms with van der Waals surface area (Å²) < 4.78 is 0. The van der Waals surface area contributed by atoms with Gasteiger partial charge in [0, 0.05) is 50.6 Å². The number of nitrogens with zero attached hydrogens (tertiary/aromatic N) is 3. The molecule has 2 aliphatic heterocycles. The Balaban J connectivity index is 0.00000289. The van der Waals surface area contributed by atoms with Crippen LogP contribution in [0.2, 0.25) is 0 Å². The van der Waals surface area contributed by atoms with Gasteiger partial charge in [-0.05, 0) is 68.9 Å². The van der Waals surface area contributed by atoms with Crippen LogP contribution in [0.15, 0.2) is 59.6 Å². The minimum absolute atomic E-state index is 0. The first-order valence-electron chi connectivity index (χ1n) is 11.9. The molecule has 2 aliphatic rings. The largest absolute Gasteiger partial charge is 0.372 e. The molecule has 0 spiro atoms. The predicted molar refractivity (Wildman–Crippen MR) is 148 cm³/mol. The molecule has 6 heteroatoms. The van der Waals surface area contributed by atoms with Crippen LogP contribution in [0.5, 0.6) is 0 Å². The van der Waals surface area contributed by atoms with Gasteiger partial charge in [-0.1, -0.05) is 30.3 Å². The maximum atomic E-state index is 4.95. The monoisotopic (exact) mass is 547 g/mol. The zero-order valence-electron chi connectivity index (χ0n) is 19.5. The summed E-state index contributed by atoms with van der Waals surface area (Å²) in [6, 6.07) is 19.9. The van der Waals surface area contributed by atoms with Crippen LogP contribution < -0.4 is 20.4 Å². The molecule has 174 valence electrons. The molecule has 0 bridgehead atoms. The Hall–Kier alpha value is -1.96. The second-order valence-electron chi connectivity index (χ2n) is 8.81. The molecule has 0 aliphatic carbocycles. The van der Waals surface area contributed by atoms with Gasteiger partial charge in [0.15, 0.2) is 5.96 Å². The van der Waals surface area contributed by atoms with E-state index in [1.165, 1.54) is 49.3 Å². The fourth-order valence-corrected chi connectivity index (χ4v) is 4.65. The van der Waals surface area contributed by atoms with Gasteiger partial charge in [0.1, 0.15) is 0 Å². The summed E-state index contributed by atoms with van der Waals surface area (Å²) in [6.07, 6.45) is 3.81. The quantitative estimate of drug-likeness (QED) is 0.290. The van der Waals surface area contributed by atoms with Gasteiger partial charge < -0.3 is 20.4 Å². The van der Waals surface area contributed by atoms with Crippen molar-refractivity contribution in [2.75, 3.05) is 49.1 Å². The third kappa shape index (κ3) is 6.53. The number of halogens is 1. The normalized spacial score (nSPS) is 19.6. The van der Waals surface area contributed by atoms with Crippen molar-refractivity contribution in [1.82, 2.24) is 10.6 Å². The lowest BCUT2D eigenvalue weighted by atomic mass is 10.1. The third-order valence-electron chi connectivity index (χ3n) is 6.45. The van der Waals surface area contributed by atoms with Crippen LogP contribution in [0.4, 0.5) is 11.4 Å². The Kier molecular flexibility index (Phi) is 9.51. The number of guanidine groups is 1. The number of para-hydroxylation sites is 1. The van der Waals surface area contributed by atoms with Crippen LogP contribution in [0.1, 0.15) is 44.7 Å². The van der Waals surface area contributed by atoms with Gasteiger partial charge in [0.2, 0.25) is 0 Å². The highest BCUT2D eigenvalue weighted by molar-refractivity contribution is 14.0. The Morgan fingerprint density at radius 1 is 1.00 bits per heavy atom. The van der Waals surface area contributed by atoms with Gasteiger partial charge in [0.05, 0.1) is 6.04 Å². The van der Waals surface area contributed by atoms with Crippen LogP contribution >= 0.6 is 24.0 Å². The second kappa shape index (κ2) is 12.3. The fourth-order valence-electron chi connectivity index (χ4n) is 4.65. The molecule has 0 radical (unpaired) electrons. The van der Waals surface area contributed by atoms with E-state index in [1.54, 1.807) is 0 Å². The van der Waals surface area contributed by atoms with Crippen molar-refractivity contribution in [1.29, 1.82) is 0 Å². The van der Waals surface area contributed by atoms with Gasteiger partial charge in [-0.2, -0.15) is 0 Å². The van der Waals surface area contributed by atoms with Crippen molar-refractivity contribution < 1.29 is 0 Å². The molecule has 2 aromatic carbocycles. The molecule has 2 heterocycles. The molecule has 0 saturated carbocycles. The van der Waals surface area contributed by atoms with Crippen LogP contribution in [0.3, 0.4) is 0 Å². The molecule has 2 aromatic rings. The smallest absolute Gasteiger partial charge is 0.191 e. The van der Waals surface area contributed by atoms with E-state index in [-0.39, 0.29) is 30.0 Å². The fraction of sp³-hybridized carbons (Fsp3) is 0.500. The van der Waals surface area contributed by atoms with Crippen LogP contribution in [-0.2, 0) is 0 Å². The second-order valence-corrected chi connectivity index (χ2v) is 8.81. The Bertz CT molecular complexity index is 850. The topological polar surface area (TPSA) is 42.9 Å². The number of hydrogen-bond donors (Lipinski definition) is 2. The predicted octanol–water partition coefficient (Wildman–Crippen LogP) is 5.05. The molecule has 5 nitrogen and oxygen atoms in total. The molecule has 32 heavy (non-hydrogen) atoms. The van der Waals surface area contributed by atoms with Crippen molar-refractivity contribution >= 4 is 41.3 Å². The molecule has 0 aromatic heterocycles. The van der Waals surface area contributed by atoms with E-state index in [9.17, 15) is 0 Å². The summed E-state index contributed by atoms with van der Waals surface area (Å²) in [5.41, 5.74) is 3.98. The van der Waals surface area contributed by atoms with E-state index >= 15 is 0 Å². The molecule has 0 amide bonds. The third-order valence-corrected chi connectivity index (χ3v) is 6.45. The maximum absolute atomic E-state index is 4.95. The Morgan fingerprint density at radius 2 is 1.75 bits per heavy atom. The molecule has 2 fully saturated rings. The Labute approximate surface area is 210 Å². The van der Waals surface area contributed by atoms with Gasteiger partial charge in [0.25, 0.3) is 0 Å². The first-order valence-corrected chi connectivity index (χ1v) is 11.9. The van der Waals surface area contributed by atoms with Gasteiger partial charge in [-0.3, -0.25) is 4.99 Å². The minimum atomic E-state index is 0. The van der Waals surface area contributed by atoms with Gasteiger partial charge >= 0.3 is 0 Å². The average molecular weight is 548 g/mol. The maximum Gasteiger partial charge on any atom is 0.191 e. The van der Waals surface area contributed by atoms with Crippen LogP contribution in [0, 0.1) is 5.92 Å². The SMILES string of the molecule is CCNC(=NCC1CCN(c2ccccc2)C1)NC(C)c1cccc(N2CCCC2)c1.I. The summed E-state index contributed by atoms with van der Waals surface area (Å²) in [6.45, 7) is 10.6. The van der Waals surface area contributed by atoms with E-state index in [2.05, 4.69) is 88.9 Å². The highest BCUT2D eigenvalue weighted by Gasteiger charge is 2.22. The lowest BCUT2D eigenvalue weighted by molar-refractivity contribution is 0.594. The lowest BCUT2D eigenvalue weighted by Gasteiger charge is -2.22. The molecule has 2 unspecified atom stereocenters. The van der Waals surface area contributed by atoms with Gasteiger partial charge in [-0.25, -0.2) is 0 Å². The molecule has 2 saturated heterocycles. The number of hydrogen-bond acceptors (Lipinski definition) is 3. The number of benzene rings is 2. The Morgan fingerprint density at radius 3 is 2.50 bits per heavy atom. The van der Waals surface area contributed by atoms with Gasteiger partial charge in [-0.15, -0.1) is 24.0 Å². The molecular weight excluding hydrogens is 509 g/mol. The van der Waals surface area contributed by atoms with Crippen molar-refractivity contribution in [2.24, 2.45) is 10.9 Å². The summed E-state index contributed by atoms with van der Waals surface area (Å²) in [5, 5.41) is 7.06. The number of nitrogens with one attached hydrogen (secondary N) is 2. The lowest BCUT2D eigenvalue weighted by Crippen LogP contribution is -2.39. The number of anilines is 2. The first kappa shape index (κ1) is 24.7. The van der Waals surface area contributed by atoms with Crippen LogP contribution in [-0.4, -0.2) is 45.2 Å². The van der Waals surface area contributed by atoms with Crippen molar-refractivity contribution in [3.8, 4) is 0 Å². The van der Waals surface area contributed by atoms with E-state index in [0.29, 0.717) is 5.92 Å². The summed E-state index contributed by atoms with van der Waals surface area (Å²) in [5.74, 6) is 1.52. The van der Waals surface area contributed by atoms with Crippen molar-refractivity contribution in [3.05, 3.63) is 60.2 Å². The summed E-state index contributed by atoms with van der Waals surface area (Å²) in [7, 11) is 0. The molecule has 2 atom stereocenters. The summed E-state index contributed by atoms with van der Waals surface area (Å²) in [4.78, 5) is 9.92. The average Bonchev–Trinajstić information content (AvgIpc) is 3.51. The van der Waals surface area contributed by atoms with Crippen molar-refractivity contribution in [2.45, 2.75) is 39.2 Å². The standard InChI is InChI=1S/C26H37N5.HI/c1-3-27-26(28-19-22-14-17-31(20-22)24-11-5-4-6-12-24)29-21(2)23-10-9-13-25(18-23)30-15-7-8-16-30;/h4-6,9-13,18,21-22H,3,7-8,14-17,19-20H2,1-2H3,(H2,27,28,29);1H.